The lowest BCUT2D eigenvalue weighted by atomic mass is 10.1. The summed E-state index contributed by atoms with van der Waals surface area (Å²) in [5.74, 6) is 0.163. The van der Waals surface area contributed by atoms with Crippen LogP contribution in [0.3, 0.4) is 0 Å². The molecule has 0 aliphatic heterocycles. The van der Waals surface area contributed by atoms with Gasteiger partial charge in [0, 0.05) is 11.6 Å². The second-order valence-corrected chi connectivity index (χ2v) is 5.83. The Hall–Kier alpha value is -2.05. The van der Waals surface area contributed by atoms with Gasteiger partial charge in [-0.25, -0.2) is 0 Å². The molecule has 0 saturated heterocycles. The molecule has 0 saturated carbocycles. The Morgan fingerprint density at radius 1 is 1.12 bits per heavy atom. The Bertz CT molecular complexity index is 712. The number of hydrogen-bond donors (Lipinski definition) is 1. The maximum Gasteiger partial charge on any atom is 0.387 e. The molecule has 8 heteroatoms. The Kier molecular flexibility index (Phi) is 7.28. The van der Waals surface area contributed by atoms with E-state index in [1.807, 2.05) is 0 Å². The van der Waals surface area contributed by atoms with E-state index in [0.717, 1.165) is 5.56 Å². The van der Waals surface area contributed by atoms with Gasteiger partial charge in [-0.2, -0.15) is 8.78 Å². The fourth-order valence-corrected chi connectivity index (χ4v) is 2.43. The third kappa shape index (κ3) is 6.76. The molecular formula is C17H15Cl2F2NO3. The molecule has 2 aromatic carbocycles. The van der Waals surface area contributed by atoms with Crippen molar-refractivity contribution in [3.8, 4) is 11.5 Å². The predicted molar refractivity (Wildman–Crippen MR) is 91.7 cm³/mol. The van der Waals surface area contributed by atoms with Crippen LogP contribution >= 0.6 is 23.2 Å². The highest BCUT2D eigenvalue weighted by Gasteiger charge is 2.07. The molecule has 0 aromatic heterocycles. The van der Waals surface area contributed by atoms with Gasteiger partial charge in [0.05, 0.1) is 5.02 Å². The number of benzene rings is 2. The van der Waals surface area contributed by atoms with Crippen LogP contribution in [0.4, 0.5) is 8.78 Å². The highest BCUT2D eigenvalue weighted by atomic mass is 35.5. The van der Waals surface area contributed by atoms with E-state index in [4.69, 9.17) is 27.9 Å². The average Bonchev–Trinajstić information content (AvgIpc) is 2.55. The molecule has 2 rings (SSSR count). The number of halogens is 4. The van der Waals surface area contributed by atoms with Gasteiger partial charge in [0.15, 0.2) is 6.61 Å². The van der Waals surface area contributed by atoms with Gasteiger partial charge in [-0.05, 0) is 42.3 Å². The molecule has 0 atom stereocenters. The van der Waals surface area contributed by atoms with Crippen LogP contribution in [-0.4, -0.2) is 25.7 Å². The van der Waals surface area contributed by atoms with Gasteiger partial charge in [0.1, 0.15) is 11.5 Å². The monoisotopic (exact) mass is 389 g/mol. The smallest absolute Gasteiger partial charge is 0.387 e. The Morgan fingerprint density at radius 2 is 1.84 bits per heavy atom. The molecule has 0 heterocycles. The second kappa shape index (κ2) is 9.44. The lowest BCUT2D eigenvalue weighted by Gasteiger charge is -2.09. The molecule has 134 valence electrons. The first-order valence-corrected chi connectivity index (χ1v) is 8.08. The van der Waals surface area contributed by atoms with Gasteiger partial charge in [0.25, 0.3) is 5.91 Å². The summed E-state index contributed by atoms with van der Waals surface area (Å²) >= 11 is 11.7. The van der Waals surface area contributed by atoms with Crippen molar-refractivity contribution in [2.75, 3.05) is 13.2 Å². The van der Waals surface area contributed by atoms with E-state index in [-0.39, 0.29) is 18.3 Å². The van der Waals surface area contributed by atoms with E-state index in [1.165, 1.54) is 18.2 Å². The number of hydrogen-bond acceptors (Lipinski definition) is 3. The number of ether oxygens (including phenoxy) is 2. The Morgan fingerprint density at radius 3 is 2.48 bits per heavy atom. The van der Waals surface area contributed by atoms with Gasteiger partial charge < -0.3 is 14.8 Å². The molecular weight excluding hydrogens is 375 g/mol. The van der Waals surface area contributed by atoms with Gasteiger partial charge in [-0.3, -0.25) is 4.79 Å². The second-order valence-electron chi connectivity index (χ2n) is 4.99. The standard InChI is InChI=1S/C17H15Cl2F2NO3/c18-12-3-6-15(14(19)9-12)24-10-16(23)22-8-7-11-1-4-13(5-2-11)25-17(20)21/h1-6,9,17H,7-8,10H2,(H,22,23). The molecule has 4 nitrogen and oxygen atoms in total. The zero-order valence-corrected chi connectivity index (χ0v) is 14.5. The van der Waals surface area contributed by atoms with Crippen LogP contribution in [0.2, 0.25) is 10.0 Å². The van der Waals surface area contributed by atoms with E-state index in [9.17, 15) is 13.6 Å². The van der Waals surface area contributed by atoms with E-state index >= 15 is 0 Å². The normalized spacial score (nSPS) is 10.6. The van der Waals surface area contributed by atoms with Crippen LogP contribution < -0.4 is 14.8 Å². The van der Waals surface area contributed by atoms with Gasteiger partial charge in [0.2, 0.25) is 0 Å². The van der Waals surface area contributed by atoms with Crippen LogP contribution in [0.15, 0.2) is 42.5 Å². The molecule has 1 N–H and O–H groups in total. The summed E-state index contributed by atoms with van der Waals surface area (Å²) in [6, 6.07) is 11.0. The maximum absolute atomic E-state index is 12.1. The molecule has 25 heavy (non-hydrogen) atoms. The van der Waals surface area contributed by atoms with Crippen LogP contribution in [0.1, 0.15) is 5.56 Å². The number of amides is 1. The fraction of sp³-hybridized carbons (Fsp3) is 0.235. The van der Waals surface area contributed by atoms with Crippen molar-refractivity contribution < 1.29 is 23.0 Å². The van der Waals surface area contributed by atoms with Crippen molar-refractivity contribution in [3.05, 3.63) is 58.1 Å². The number of nitrogens with one attached hydrogen (secondary N) is 1. The SMILES string of the molecule is O=C(COc1ccc(Cl)cc1Cl)NCCc1ccc(OC(F)F)cc1. The zero-order chi connectivity index (χ0) is 18.2. The van der Waals surface area contributed by atoms with E-state index in [1.54, 1.807) is 24.3 Å². The van der Waals surface area contributed by atoms with E-state index in [0.29, 0.717) is 28.8 Å². The number of carbonyl (C=O) groups excluding carboxylic acids is 1. The molecule has 0 fully saturated rings. The first-order valence-electron chi connectivity index (χ1n) is 7.32. The molecule has 0 bridgehead atoms. The van der Waals surface area contributed by atoms with E-state index in [2.05, 4.69) is 10.1 Å². The van der Waals surface area contributed by atoms with Gasteiger partial charge in [-0.15, -0.1) is 0 Å². The summed E-state index contributed by atoms with van der Waals surface area (Å²) < 4.78 is 33.7. The van der Waals surface area contributed by atoms with Crippen molar-refractivity contribution in [3.63, 3.8) is 0 Å². The van der Waals surface area contributed by atoms with E-state index < -0.39 is 6.61 Å². The van der Waals surface area contributed by atoms with Crippen LogP contribution in [-0.2, 0) is 11.2 Å². The highest BCUT2D eigenvalue weighted by molar-refractivity contribution is 6.35. The molecule has 2 aromatic rings. The number of carbonyl (C=O) groups is 1. The summed E-state index contributed by atoms with van der Waals surface area (Å²) in [6.07, 6.45) is 0.544. The summed E-state index contributed by atoms with van der Waals surface area (Å²) in [7, 11) is 0. The molecule has 0 unspecified atom stereocenters. The minimum absolute atomic E-state index is 0.0935. The van der Waals surface area contributed by atoms with Crippen molar-refractivity contribution in [1.29, 1.82) is 0 Å². The molecule has 0 radical (unpaired) electrons. The predicted octanol–water partition coefficient (Wildman–Crippen LogP) is 4.33. The molecule has 0 aliphatic carbocycles. The summed E-state index contributed by atoms with van der Waals surface area (Å²) in [5, 5.41) is 3.50. The van der Waals surface area contributed by atoms with Crippen molar-refractivity contribution >= 4 is 29.1 Å². The number of rotatable bonds is 8. The molecule has 0 spiro atoms. The molecule has 1 amide bonds. The summed E-state index contributed by atoms with van der Waals surface area (Å²) in [6.45, 7) is -2.65. The lowest BCUT2D eigenvalue weighted by molar-refractivity contribution is -0.123. The fourth-order valence-electron chi connectivity index (χ4n) is 1.97. The van der Waals surface area contributed by atoms with Crippen LogP contribution in [0.5, 0.6) is 11.5 Å². The summed E-state index contributed by atoms with van der Waals surface area (Å²) in [4.78, 5) is 11.8. The molecule has 0 aliphatic rings. The Balaban J connectivity index is 1.71. The van der Waals surface area contributed by atoms with Crippen molar-refractivity contribution in [2.45, 2.75) is 13.0 Å². The lowest BCUT2D eigenvalue weighted by Crippen LogP contribution is -2.30. The topological polar surface area (TPSA) is 47.6 Å². The highest BCUT2D eigenvalue weighted by Crippen LogP contribution is 2.27. The first-order chi connectivity index (χ1) is 11.9. The summed E-state index contributed by atoms with van der Waals surface area (Å²) in [5.41, 5.74) is 0.878. The third-order valence-corrected chi connectivity index (χ3v) is 3.67. The largest absolute Gasteiger partial charge is 0.482 e. The van der Waals surface area contributed by atoms with Crippen molar-refractivity contribution in [2.24, 2.45) is 0 Å². The van der Waals surface area contributed by atoms with Crippen LogP contribution in [0, 0.1) is 0 Å². The Labute approximate surface area is 153 Å². The zero-order valence-electron chi connectivity index (χ0n) is 13.0. The number of alkyl halides is 2. The average molecular weight is 390 g/mol. The quantitative estimate of drug-likeness (QED) is 0.730. The van der Waals surface area contributed by atoms with Gasteiger partial charge in [-0.1, -0.05) is 35.3 Å². The van der Waals surface area contributed by atoms with Crippen molar-refractivity contribution in [1.82, 2.24) is 5.32 Å². The third-order valence-electron chi connectivity index (χ3n) is 3.14. The first kappa shape index (κ1) is 19.3. The van der Waals surface area contributed by atoms with Gasteiger partial charge >= 0.3 is 6.61 Å². The van der Waals surface area contributed by atoms with Crippen LogP contribution in [0.25, 0.3) is 0 Å². The minimum Gasteiger partial charge on any atom is -0.482 e. The minimum atomic E-state index is -2.85. The maximum atomic E-state index is 12.1.